The monoisotopic (exact) mass is 690 g/mol. The van der Waals surface area contributed by atoms with E-state index < -0.39 is 5.41 Å². The molecule has 7 nitrogen and oxygen atoms in total. The zero-order valence-electron chi connectivity index (χ0n) is 28.6. The first-order valence-corrected chi connectivity index (χ1v) is 17.9. The van der Waals surface area contributed by atoms with Gasteiger partial charge >= 0.3 is 0 Å². The summed E-state index contributed by atoms with van der Waals surface area (Å²) in [5.41, 5.74) is 11.7. The SMILES string of the molecule is N#Cc1ccc2c(c1)c1ccccc1n2-c1cccc2c1Oc1ccccc1C21c2cccnc2-c2ncc(-n3c4ccccc4c4ccncc43)cc21. The molecule has 1 aliphatic heterocycles. The second-order valence-corrected chi connectivity index (χ2v) is 13.9. The molecule has 0 amide bonds. The highest BCUT2D eigenvalue weighted by Gasteiger charge is 2.53. The van der Waals surface area contributed by atoms with Gasteiger partial charge in [-0.2, -0.15) is 5.26 Å². The summed E-state index contributed by atoms with van der Waals surface area (Å²) in [7, 11) is 0. The van der Waals surface area contributed by atoms with Crippen LogP contribution in [0, 0.1) is 11.3 Å². The van der Waals surface area contributed by atoms with Gasteiger partial charge in [0.2, 0.25) is 0 Å². The molecule has 0 bridgehead atoms. The molecule has 0 fully saturated rings. The molecule has 0 radical (unpaired) electrons. The van der Waals surface area contributed by atoms with Crippen molar-refractivity contribution in [3.8, 4) is 40.3 Å². The third-order valence-corrected chi connectivity index (χ3v) is 11.4. The molecule has 1 atom stereocenters. The van der Waals surface area contributed by atoms with E-state index in [2.05, 4.69) is 117 Å². The Balaban J connectivity index is 1.20. The van der Waals surface area contributed by atoms with Crippen molar-refractivity contribution in [1.82, 2.24) is 24.1 Å². The highest BCUT2D eigenvalue weighted by Crippen LogP contribution is 2.62. The van der Waals surface area contributed by atoms with E-state index in [-0.39, 0.29) is 0 Å². The van der Waals surface area contributed by atoms with Crippen LogP contribution in [-0.4, -0.2) is 24.1 Å². The standard InChI is InChI=1S/C47H26N6O/c48-25-28-18-19-40-33(23-28)31-10-2-5-15-39(31)53(40)41-16-7-12-36-46(41)54-43-17-6-3-11-34(43)47(36)35-13-8-21-50-44(35)45-37(47)24-29(26-51-45)52-38-14-4-1-9-30(38)32-20-22-49-27-42(32)52/h1-24,26-27H. The first kappa shape index (κ1) is 29.1. The van der Waals surface area contributed by atoms with Crippen molar-refractivity contribution in [3.63, 3.8) is 0 Å². The van der Waals surface area contributed by atoms with Crippen LogP contribution in [0.5, 0.6) is 11.5 Å². The van der Waals surface area contributed by atoms with Crippen molar-refractivity contribution in [2.45, 2.75) is 5.41 Å². The quantitative estimate of drug-likeness (QED) is 0.180. The highest BCUT2D eigenvalue weighted by atomic mass is 16.5. The Morgan fingerprint density at radius 3 is 2.15 bits per heavy atom. The summed E-state index contributed by atoms with van der Waals surface area (Å²) in [4.78, 5) is 14.8. The molecule has 0 N–H and O–H groups in total. The number of fused-ring (bicyclic) bond motifs is 15. The predicted octanol–water partition coefficient (Wildman–Crippen LogP) is 10.4. The number of nitrogens with zero attached hydrogens (tertiary/aromatic N) is 6. The Bertz CT molecular complexity index is 3240. The van der Waals surface area contributed by atoms with Crippen molar-refractivity contribution >= 4 is 43.6 Å². The van der Waals surface area contributed by atoms with Crippen LogP contribution in [0.4, 0.5) is 0 Å². The van der Waals surface area contributed by atoms with Gasteiger partial charge in [0.05, 0.1) is 74.3 Å². The molecule has 2 aliphatic rings. The maximum absolute atomic E-state index is 9.81. The van der Waals surface area contributed by atoms with Gasteiger partial charge in [-0.1, -0.05) is 72.8 Å². The third-order valence-electron chi connectivity index (χ3n) is 11.4. The van der Waals surface area contributed by atoms with Crippen LogP contribution < -0.4 is 4.74 Å². The summed E-state index contributed by atoms with van der Waals surface area (Å²) in [6.45, 7) is 0. The molecule has 1 aliphatic carbocycles. The first-order valence-electron chi connectivity index (χ1n) is 17.9. The van der Waals surface area contributed by atoms with Gasteiger partial charge in [0.1, 0.15) is 5.75 Å². The molecule has 1 unspecified atom stereocenters. The minimum atomic E-state index is -0.800. The van der Waals surface area contributed by atoms with Gasteiger partial charge < -0.3 is 13.9 Å². The number of ether oxygens (including phenoxy) is 1. The number of hydrogen-bond donors (Lipinski definition) is 0. The van der Waals surface area contributed by atoms with Crippen LogP contribution in [-0.2, 0) is 5.41 Å². The largest absolute Gasteiger partial charge is 0.454 e. The lowest BCUT2D eigenvalue weighted by atomic mass is 9.66. The van der Waals surface area contributed by atoms with Gasteiger partial charge in [-0.05, 0) is 66.2 Å². The molecule has 6 heterocycles. The van der Waals surface area contributed by atoms with E-state index in [4.69, 9.17) is 14.7 Å². The number of hydrogen-bond acceptors (Lipinski definition) is 5. The van der Waals surface area contributed by atoms with Crippen molar-refractivity contribution in [3.05, 3.63) is 186 Å². The second-order valence-electron chi connectivity index (χ2n) is 13.9. The average Bonchev–Trinajstić information content (AvgIpc) is 3.85. The van der Waals surface area contributed by atoms with E-state index >= 15 is 0 Å². The molecular weight excluding hydrogens is 665 g/mol. The number of rotatable bonds is 2. The lowest BCUT2D eigenvalue weighted by Crippen LogP contribution is -2.32. The number of benzene rings is 5. The van der Waals surface area contributed by atoms with Crippen LogP contribution in [0.25, 0.3) is 66.4 Å². The molecule has 7 heteroatoms. The summed E-state index contributed by atoms with van der Waals surface area (Å²) < 4.78 is 11.6. The number of para-hydroxylation sites is 4. The Morgan fingerprint density at radius 1 is 0.537 bits per heavy atom. The minimum Gasteiger partial charge on any atom is -0.454 e. The van der Waals surface area contributed by atoms with Crippen molar-refractivity contribution in [1.29, 1.82) is 5.26 Å². The summed E-state index contributed by atoms with van der Waals surface area (Å²) in [5.74, 6) is 1.54. The molecule has 54 heavy (non-hydrogen) atoms. The smallest absolute Gasteiger partial charge is 0.156 e. The zero-order chi connectivity index (χ0) is 35.5. The lowest BCUT2D eigenvalue weighted by Gasteiger charge is -2.39. The van der Waals surface area contributed by atoms with E-state index in [0.29, 0.717) is 5.56 Å². The maximum Gasteiger partial charge on any atom is 0.156 e. The summed E-state index contributed by atoms with van der Waals surface area (Å²) in [5, 5.41) is 14.2. The molecule has 0 saturated heterocycles. The van der Waals surface area contributed by atoms with E-state index in [1.807, 2.05) is 61.2 Å². The van der Waals surface area contributed by atoms with Gasteiger partial charge in [0.15, 0.2) is 5.75 Å². The highest BCUT2D eigenvalue weighted by molar-refractivity contribution is 6.10. The number of pyridine rings is 3. The molecule has 0 saturated carbocycles. The Kier molecular flexibility index (Phi) is 5.65. The zero-order valence-corrected chi connectivity index (χ0v) is 28.6. The van der Waals surface area contributed by atoms with Crippen molar-refractivity contribution < 1.29 is 4.74 Å². The Morgan fingerprint density at radius 2 is 1.26 bits per heavy atom. The predicted molar refractivity (Wildman–Crippen MR) is 211 cm³/mol. The van der Waals surface area contributed by atoms with E-state index in [1.165, 1.54) is 0 Å². The minimum absolute atomic E-state index is 0.624. The van der Waals surface area contributed by atoms with E-state index in [9.17, 15) is 5.26 Å². The molecule has 12 rings (SSSR count). The van der Waals surface area contributed by atoms with Crippen LogP contribution >= 0.6 is 0 Å². The molecule has 5 aromatic carbocycles. The Hall–Kier alpha value is -7.56. The first-order chi connectivity index (χ1) is 26.8. The third kappa shape index (κ3) is 3.56. The fourth-order valence-corrected chi connectivity index (χ4v) is 9.29. The normalized spacial score (nSPS) is 15.2. The fraction of sp³-hybridized carbons (Fsp3) is 0.0213. The summed E-state index contributed by atoms with van der Waals surface area (Å²) in [6.07, 6.45) is 7.60. The molecule has 10 aromatic rings. The summed E-state index contributed by atoms with van der Waals surface area (Å²) in [6, 6.07) is 48.5. The van der Waals surface area contributed by atoms with Gasteiger partial charge in [0, 0.05) is 50.6 Å². The molecular formula is C47H26N6O. The Labute approximate surface area is 308 Å². The maximum atomic E-state index is 9.81. The average molecular weight is 691 g/mol. The van der Waals surface area contributed by atoms with Gasteiger partial charge in [-0.25, -0.2) is 0 Å². The van der Waals surface area contributed by atoms with Gasteiger partial charge in [-0.15, -0.1) is 0 Å². The molecule has 250 valence electrons. The number of nitriles is 1. The van der Waals surface area contributed by atoms with Crippen molar-refractivity contribution in [2.24, 2.45) is 0 Å². The van der Waals surface area contributed by atoms with Crippen molar-refractivity contribution in [2.75, 3.05) is 0 Å². The lowest BCUT2D eigenvalue weighted by molar-refractivity contribution is 0.434. The van der Waals surface area contributed by atoms with E-state index in [0.717, 1.165) is 100 Å². The number of aromatic nitrogens is 5. The fourth-order valence-electron chi connectivity index (χ4n) is 9.29. The molecule has 5 aromatic heterocycles. The van der Waals surface area contributed by atoms with Crippen LogP contribution in [0.1, 0.15) is 27.8 Å². The van der Waals surface area contributed by atoms with Gasteiger partial charge in [-0.3, -0.25) is 15.0 Å². The second kappa shape index (κ2) is 10.5. The van der Waals surface area contributed by atoms with Crippen LogP contribution in [0.2, 0.25) is 0 Å². The topological polar surface area (TPSA) is 81.5 Å². The van der Waals surface area contributed by atoms with E-state index in [1.54, 1.807) is 0 Å². The summed E-state index contributed by atoms with van der Waals surface area (Å²) >= 11 is 0. The van der Waals surface area contributed by atoms with Gasteiger partial charge in [0.25, 0.3) is 0 Å². The van der Waals surface area contributed by atoms with Crippen LogP contribution in [0.15, 0.2) is 158 Å². The van der Waals surface area contributed by atoms with Crippen LogP contribution in [0.3, 0.4) is 0 Å². The molecule has 1 spiro atoms.